The van der Waals surface area contributed by atoms with Gasteiger partial charge >= 0.3 is 5.97 Å². The molecule has 1 fully saturated rings. The number of nitrogens with two attached hydrogens (primary N) is 1. The SMILES string of the molecule is CC1(C)[C@@H](C(=O)O)C[C@@H]1N.Cl. The van der Waals surface area contributed by atoms with E-state index in [1.54, 1.807) is 0 Å². The zero-order valence-electron chi connectivity index (χ0n) is 6.70. The van der Waals surface area contributed by atoms with Gasteiger partial charge in [0.2, 0.25) is 0 Å². The molecule has 0 spiro atoms. The van der Waals surface area contributed by atoms with E-state index in [0.29, 0.717) is 6.42 Å². The Balaban J connectivity index is 0.000001000. The first-order valence-corrected chi connectivity index (χ1v) is 3.44. The first-order chi connectivity index (χ1) is 4.46. The number of rotatable bonds is 1. The van der Waals surface area contributed by atoms with Gasteiger partial charge in [-0.25, -0.2) is 0 Å². The Hall–Kier alpha value is -0.280. The van der Waals surface area contributed by atoms with Crippen LogP contribution < -0.4 is 5.73 Å². The topological polar surface area (TPSA) is 63.3 Å². The van der Waals surface area contributed by atoms with Crippen molar-refractivity contribution in [2.24, 2.45) is 17.1 Å². The van der Waals surface area contributed by atoms with E-state index in [9.17, 15) is 4.79 Å². The van der Waals surface area contributed by atoms with E-state index in [-0.39, 0.29) is 29.8 Å². The predicted octanol–water partition coefficient (Wildman–Crippen LogP) is 0.866. The van der Waals surface area contributed by atoms with E-state index in [4.69, 9.17) is 10.8 Å². The predicted molar refractivity (Wildman–Crippen MR) is 44.7 cm³/mol. The molecule has 1 aliphatic rings. The van der Waals surface area contributed by atoms with Crippen molar-refractivity contribution in [2.75, 3.05) is 0 Å². The summed E-state index contributed by atoms with van der Waals surface area (Å²) in [7, 11) is 0. The minimum Gasteiger partial charge on any atom is -0.481 e. The van der Waals surface area contributed by atoms with Crippen LogP contribution in [0.1, 0.15) is 20.3 Å². The molecule has 0 unspecified atom stereocenters. The lowest BCUT2D eigenvalue weighted by Gasteiger charge is -2.47. The Morgan fingerprint density at radius 3 is 2.18 bits per heavy atom. The van der Waals surface area contributed by atoms with Crippen LogP contribution in [0.15, 0.2) is 0 Å². The van der Waals surface area contributed by atoms with Crippen LogP contribution in [0.25, 0.3) is 0 Å². The van der Waals surface area contributed by atoms with Crippen LogP contribution in [0.4, 0.5) is 0 Å². The Bertz CT molecular complexity index is 170. The molecule has 0 aromatic rings. The van der Waals surface area contributed by atoms with Crippen molar-refractivity contribution in [3.8, 4) is 0 Å². The second kappa shape index (κ2) is 2.99. The molecule has 3 nitrogen and oxygen atoms in total. The number of carboxylic acids is 1. The highest BCUT2D eigenvalue weighted by Gasteiger charge is 2.49. The minimum atomic E-state index is -0.716. The number of hydrogen-bond acceptors (Lipinski definition) is 2. The molecule has 1 rings (SSSR count). The van der Waals surface area contributed by atoms with Crippen molar-refractivity contribution < 1.29 is 9.90 Å². The van der Waals surface area contributed by atoms with Crippen molar-refractivity contribution in [3.63, 3.8) is 0 Å². The van der Waals surface area contributed by atoms with Gasteiger partial charge in [-0.15, -0.1) is 12.4 Å². The van der Waals surface area contributed by atoms with Gasteiger partial charge < -0.3 is 10.8 Å². The zero-order valence-corrected chi connectivity index (χ0v) is 7.52. The summed E-state index contributed by atoms with van der Waals surface area (Å²) in [6.07, 6.45) is 0.627. The van der Waals surface area contributed by atoms with Crippen LogP contribution >= 0.6 is 12.4 Å². The van der Waals surface area contributed by atoms with Crippen LogP contribution in [0.5, 0.6) is 0 Å². The molecule has 0 heterocycles. The van der Waals surface area contributed by atoms with Crippen LogP contribution in [-0.4, -0.2) is 17.1 Å². The van der Waals surface area contributed by atoms with Crippen molar-refractivity contribution in [2.45, 2.75) is 26.3 Å². The first-order valence-electron chi connectivity index (χ1n) is 3.44. The van der Waals surface area contributed by atoms with Crippen molar-refractivity contribution in [3.05, 3.63) is 0 Å². The summed E-state index contributed by atoms with van der Waals surface area (Å²) in [6, 6.07) is 0.0635. The van der Waals surface area contributed by atoms with Crippen molar-refractivity contribution in [1.82, 2.24) is 0 Å². The molecule has 0 aliphatic heterocycles. The fourth-order valence-corrected chi connectivity index (χ4v) is 1.38. The number of carbonyl (C=O) groups is 1. The number of carboxylic acid groups (broad SMARTS) is 1. The number of hydrogen-bond donors (Lipinski definition) is 2. The average molecular weight is 180 g/mol. The molecular formula is C7H14ClNO2. The molecule has 3 N–H and O–H groups in total. The summed E-state index contributed by atoms with van der Waals surface area (Å²) < 4.78 is 0. The number of aliphatic carboxylic acids is 1. The largest absolute Gasteiger partial charge is 0.481 e. The minimum absolute atomic E-state index is 0. The fraction of sp³-hybridized carbons (Fsp3) is 0.857. The summed E-state index contributed by atoms with van der Waals surface area (Å²) in [6.45, 7) is 3.81. The second-order valence-electron chi connectivity index (χ2n) is 3.55. The molecule has 11 heavy (non-hydrogen) atoms. The van der Waals surface area contributed by atoms with Gasteiger partial charge in [0.1, 0.15) is 0 Å². The summed E-state index contributed by atoms with van der Waals surface area (Å²) in [5.41, 5.74) is 5.42. The van der Waals surface area contributed by atoms with Gasteiger partial charge in [0.15, 0.2) is 0 Å². The van der Waals surface area contributed by atoms with E-state index in [0.717, 1.165) is 0 Å². The molecule has 0 saturated heterocycles. The normalized spacial score (nSPS) is 33.4. The lowest BCUT2D eigenvalue weighted by Crippen LogP contribution is -2.57. The highest BCUT2D eigenvalue weighted by atomic mass is 35.5. The maximum Gasteiger partial charge on any atom is 0.307 e. The molecule has 0 aromatic carbocycles. The van der Waals surface area contributed by atoms with Gasteiger partial charge in [-0.2, -0.15) is 0 Å². The molecule has 0 aromatic heterocycles. The smallest absolute Gasteiger partial charge is 0.307 e. The third kappa shape index (κ3) is 1.49. The highest BCUT2D eigenvalue weighted by molar-refractivity contribution is 5.85. The monoisotopic (exact) mass is 179 g/mol. The van der Waals surface area contributed by atoms with Crippen LogP contribution in [0.2, 0.25) is 0 Å². The van der Waals surface area contributed by atoms with E-state index in [1.807, 2.05) is 13.8 Å². The molecule has 4 heteroatoms. The molecule has 0 bridgehead atoms. The zero-order chi connectivity index (χ0) is 7.94. The molecular weight excluding hydrogens is 166 g/mol. The van der Waals surface area contributed by atoms with Crippen molar-refractivity contribution >= 4 is 18.4 Å². The van der Waals surface area contributed by atoms with Crippen molar-refractivity contribution in [1.29, 1.82) is 0 Å². The quantitative estimate of drug-likeness (QED) is 0.628. The molecule has 0 radical (unpaired) electrons. The van der Waals surface area contributed by atoms with Gasteiger partial charge in [0, 0.05) is 6.04 Å². The molecule has 1 aliphatic carbocycles. The number of halogens is 1. The second-order valence-corrected chi connectivity index (χ2v) is 3.55. The Labute approximate surface area is 72.4 Å². The van der Waals surface area contributed by atoms with Gasteiger partial charge in [-0.3, -0.25) is 4.79 Å². The molecule has 2 atom stereocenters. The maximum atomic E-state index is 10.5. The third-order valence-electron chi connectivity index (χ3n) is 2.64. The van der Waals surface area contributed by atoms with Gasteiger partial charge in [0.05, 0.1) is 5.92 Å². The molecule has 0 amide bonds. The Morgan fingerprint density at radius 1 is 1.64 bits per heavy atom. The van der Waals surface area contributed by atoms with E-state index < -0.39 is 5.97 Å². The van der Waals surface area contributed by atoms with Gasteiger partial charge in [-0.05, 0) is 11.8 Å². The van der Waals surface area contributed by atoms with Crippen LogP contribution in [0, 0.1) is 11.3 Å². The Kier molecular flexibility index (Phi) is 2.91. The maximum absolute atomic E-state index is 10.5. The summed E-state index contributed by atoms with van der Waals surface area (Å²) in [5.74, 6) is -0.950. The van der Waals surface area contributed by atoms with E-state index >= 15 is 0 Å². The van der Waals surface area contributed by atoms with E-state index in [2.05, 4.69) is 0 Å². The van der Waals surface area contributed by atoms with E-state index in [1.165, 1.54) is 0 Å². The van der Waals surface area contributed by atoms with Gasteiger partial charge in [0.25, 0.3) is 0 Å². The molecule has 1 saturated carbocycles. The highest BCUT2D eigenvalue weighted by Crippen LogP contribution is 2.44. The average Bonchev–Trinajstić information content (AvgIpc) is 1.82. The lowest BCUT2D eigenvalue weighted by atomic mass is 9.59. The first kappa shape index (κ1) is 10.7. The fourth-order valence-electron chi connectivity index (χ4n) is 1.38. The van der Waals surface area contributed by atoms with Crippen LogP contribution in [0.3, 0.4) is 0 Å². The summed E-state index contributed by atoms with van der Waals surface area (Å²) >= 11 is 0. The standard InChI is InChI=1S/C7H13NO2.ClH/c1-7(2)4(6(9)10)3-5(7)8;/h4-5H,3,8H2,1-2H3,(H,9,10);1H/t4-,5+;/m1./s1. The summed E-state index contributed by atoms with van der Waals surface area (Å²) in [4.78, 5) is 10.5. The lowest BCUT2D eigenvalue weighted by molar-refractivity contribution is -0.153. The van der Waals surface area contributed by atoms with Gasteiger partial charge in [-0.1, -0.05) is 13.8 Å². The summed E-state index contributed by atoms with van der Waals surface area (Å²) in [5, 5.41) is 8.63. The van der Waals surface area contributed by atoms with Crippen LogP contribution in [-0.2, 0) is 4.79 Å². The molecule has 66 valence electrons. The third-order valence-corrected chi connectivity index (χ3v) is 2.64. The Morgan fingerprint density at radius 2 is 2.09 bits per heavy atom.